The molecule has 0 aromatic heterocycles. The van der Waals surface area contributed by atoms with E-state index in [1.165, 1.54) is 64.3 Å². The first-order chi connectivity index (χ1) is 12.8. The molecule has 5 aliphatic rings. The van der Waals surface area contributed by atoms with Crippen LogP contribution in [0.5, 0.6) is 0 Å². The minimum absolute atomic E-state index is 0.161. The fourth-order valence-corrected chi connectivity index (χ4v) is 9.48. The van der Waals surface area contributed by atoms with Crippen molar-refractivity contribution in [3.8, 4) is 0 Å². The second-order valence-electron chi connectivity index (χ2n) is 11.4. The normalized spacial score (nSPS) is 54.6. The van der Waals surface area contributed by atoms with Gasteiger partial charge in [0.15, 0.2) is 0 Å². The fourth-order valence-electron chi connectivity index (χ4n) is 9.48. The molecule has 0 aromatic carbocycles. The topological polar surface area (TPSA) is 32.3 Å². The van der Waals surface area contributed by atoms with E-state index in [2.05, 4.69) is 31.1 Å². The molecule has 1 saturated heterocycles. The number of carbonyl (C=O) groups excluding carboxylic acids is 1. The fraction of sp³-hybridized carbons (Fsp3) is 0.958. The highest BCUT2D eigenvalue weighted by Gasteiger charge is 2.64. The molecule has 3 heteroatoms. The van der Waals surface area contributed by atoms with E-state index in [1.807, 2.05) is 0 Å². The molecule has 0 aromatic rings. The number of nitrogens with zero attached hydrogens (tertiary/aromatic N) is 1. The monoisotopic (exact) mass is 372 g/mol. The van der Waals surface area contributed by atoms with Crippen LogP contribution in [0, 0.1) is 40.4 Å². The smallest absolute Gasteiger partial charge is 0.217 e. The summed E-state index contributed by atoms with van der Waals surface area (Å²) >= 11 is 0. The maximum atomic E-state index is 11.5. The zero-order chi connectivity index (χ0) is 19.0. The minimum Gasteiger partial charge on any atom is -0.354 e. The second-order valence-corrected chi connectivity index (χ2v) is 11.4. The number of fused-ring (bicyclic) bond motifs is 4. The summed E-state index contributed by atoms with van der Waals surface area (Å²) in [7, 11) is 2.38. The summed E-state index contributed by atoms with van der Waals surface area (Å²) in [6.45, 7) is 8.20. The van der Waals surface area contributed by atoms with E-state index >= 15 is 0 Å². The molecule has 1 amide bonds. The quantitative estimate of drug-likeness (QED) is 0.737. The molecule has 0 unspecified atom stereocenters. The van der Waals surface area contributed by atoms with Crippen molar-refractivity contribution in [3.63, 3.8) is 0 Å². The van der Waals surface area contributed by atoms with E-state index in [0.717, 1.165) is 35.6 Å². The molecule has 3 nitrogen and oxygen atoms in total. The second kappa shape index (κ2) is 6.21. The average Bonchev–Trinajstić information content (AvgIpc) is 3.09. The van der Waals surface area contributed by atoms with Crippen molar-refractivity contribution < 1.29 is 4.79 Å². The van der Waals surface area contributed by atoms with Gasteiger partial charge in [-0.15, -0.1) is 0 Å². The van der Waals surface area contributed by atoms with Gasteiger partial charge in [0.2, 0.25) is 5.91 Å². The summed E-state index contributed by atoms with van der Waals surface area (Å²) in [6, 6.07) is 1.24. The maximum Gasteiger partial charge on any atom is 0.217 e. The van der Waals surface area contributed by atoms with Crippen molar-refractivity contribution in [3.05, 3.63) is 0 Å². The molecule has 1 heterocycles. The van der Waals surface area contributed by atoms with Crippen molar-refractivity contribution >= 4 is 5.91 Å². The Hall–Kier alpha value is -0.570. The highest BCUT2D eigenvalue weighted by Crippen LogP contribution is 2.69. The van der Waals surface area contributed by atoms with E-state index in [4.69, 9.17) is 0 Å². The number of nitrogens with one attached hydrogen (secondary N) is 1. The average molecular weight is 373 g/mol. The molecule has 4 saturated carbocycles. The molecular weight excluding hydrogens is 332 g/mol. The largest absolute Gasteiger partial charge is 0.354 e. The highest BCUT2D eigenvalue weighted by molar-refractivity contribution is 5.73. The number of carbonyl (C=O) groups is 1. The summed E-state index contributed by atoms with van der Waals surface area (Å²) in [6.07, 6.45) is 12.6. The molecule has 5 fully saturated rings. The number of amides is 1. The van der Waals surface area contributed by atoms with Crippen LogP contribution in [0.3, 0.4) is 0 Å². The van der Waals surface area contributed by atoms with Gasteiger partial charge in [-0.2, -0.15) is 0 Å². The number of likely N-dealkylation sites (tertiary alicyclic amines) is 1. The predicted molar refractivity (Wildman–Crippen MR) is 109 cm³/mol. The van der Waals surface area contributed by atoms with E-state index in [0.29, 0.717) is 16.9 Å². The van der Waals surface area contributed by atoms with Crippen LogP contribution in [-0.2, 0) is 4.79 Å². The van der Waals surface area contributed by atoms with Gasteiger partial charge in [0.25, 0.3) is 0 Å². The first-order valence-electron chi connectivity index (χ1n) is 11.8. The number of hydrogen-bond acceptors (Lipinski definition) is 2. The molecule has 4 aliphatic carbocycles. The summed E-state index contributed by atoms with van der Waals surface area (Å²) in [4.78, 5) is 14.2. The van der Waals surface area contributed by atoms with Gasteiger partial charge < -0.3 is 10.2 Å². The van der Waals surface area contributed by atoms with Crippen molar-refractivity contribution in [2.45, 2.75) is 90.6 Å². The van der Waals surface area contributed by atoms with Crippen LogP contribution < -0.4 is 5.32 Å². The molecule has 0 bridgehead atoms. The Kier molecular flexibility index (Phi) is 4.25. The molecule has 152 valence electrons. The van der Waals surface area contributed by atoms with Gasteiger partial charge in [-0.05, 0) is 112 Å². The molecule has 1 aliphatic heterocycles. The molecule has 27 heavy (non-hydrogen) atoms. The summed E-state index contributed by atoms with van der Waals surface area (Å²) in [5.74, 6) is 4.90. The molecule has 1 spiro atoms. The first-order valence-corrected chi connectivity index (χ1v) is 11.8. The number of hydrogen-bond donors (Lipinski definition) is 1. The Morgan fingerprint density at radius 2 is 1.78 bits per heavy atom. The Bertz CT molecular complexity index is 620. The standard InChI is InChI=1S/C24H40N2O/c1-15-20-7-8-22-19-6-5-17-13-18(25-16(2)27)9-11-23(17,3)21(19)10-12-24(20,22)14-26(15)4/h15,17-22H,5-14H2,1-4H3,(H,25,27)/t15-,17-,18-,19+,20+,21-,22-,23-,24-/m0/s1. The Morgan fingerprint density at radius 1 is 1.00 bits per heavy atom. The van der Waals surface area contributed by atoms with Crippen LogP contribution in [0.1, 0.15) is 78.6 Å². The SMILES string of the molecule is CC(=O)N[C@H]1CC[C@@]2(C)[C@@H](CC[C@@H]3[C@@H]2CC[C@]24CN(C)[C@@H](C)[C@H]2CC[C@@H]34)C1. The van der Waals surface area contributed by atoms with Crippen molar-refractivity contribution in [2.75, 3.05) is 13.6 Å². The van der Waals surface area contributed by atoms with Gasteiger partial charge in [0.05, 0.1) is 0 Å². The van der Waals surface area contributed by atoms with Crippen LogP contribution in [0.25, 0.3) is 0 Å². The lowest BCUT2D eigenvalue weighted by molar-refractivity contribution is -0.125. The zero-order valence-electron chi connectivity index (χ0n) is 18.0. The van der Waals surface area contributed by atoms with Crippen LogP contribution in [0.2, 0.25) is 0 Å². The van der Waals surface area contributed by atoms with Gasteiger partial charge in [0.1, 0.15) is 0 Å². The molecular formula is C24H40N2O. The highest BCUT2D eigenvalue weighted by atomic mass is 16.1. The minimum atomic E-state index is 0.161. The third-order valence-corrected chi connectivity index (χ3v) is 10.7. The maximum absolute atomic E-state index is 11.5. The summed E-state index contributed by atoms with van der Waals surface area (Å²) in [5, 5.41) is 3.24. The summed E-state index contributed by atoms with van der Waals surface area (Å²) in [5.41, 5.74) is 1.19. The van der Waals surface area contributed by atoms with E-state index in [-0.39, 0.29) is 5.91 Å². The Balaban J connectivity index is 1.37. The van der Waals surface area contributed by atoms with Gasteiger partial charge in [-0.25, -0.2) is 0 Å². The molecule has 0 radical (unpaired) electrons. The van der Waals surface area contributed by atoms with Crippen molar-refractivity contribution in [2.24, 2.45) is 40.4 Å². The van der Waals surface area contributed by atoms with Gasteiger partial charge >= 0.3 is 0 Å². The van der Waals surface area contributed by atoms with Crippen LogP contribution >= 0.6 is 0 Å². The van der Waals surface area contributed by atoms with Crippen LogP contribution in [-0.4, -0.2) is 36.5 Å². The molecule has 5 rings (SSSR count). The van der Waals surface area contributed by atoms with Crippen molar-refractivity contribution in [1.82, 2.24) is 10.2 Å². The third-order valence-electron chi connectivity index (χ3n) is 10.7. The third kappa shape index (κ3) is 2.52. The van der Waals surface area contributed by atoms with Gasteiger partial charge in [-0.3, -0.25) is 4.79 Å². The first kappa shape index (κ1) is 18.5. The Morgan fingerprint density at radius 3 is 2.56 bits per heavy atom. The van der Waals surface area contributed by atoms with Crippen LogP contribution in [0.4, 0.5) is 0 Å². The predicted octanol–water partition coefficient (Wildman–Crippen LogP) is 4.46. The van der Waals surface area contributed by atoms with Gasteiger partial charge in [0, 0.05) is 25.6 Å². The zero-order valence-corrected chi connectivity index (χ0v) is 18.0. The van der Waals surface area contributed by atoms with E-state index < -0.39 is 0 Å². The van der Waals surface area contributed by atoms with E-state index in [1.54, 1.807) is 6.92 Å². The number of rotatable bonds is 1. The summed E-state index contributed by atoms with van der Waals surface area (Å²) < 4.78 is 0. The molecule has 9 atom stereocenters. The lowest BCUT2D eigenvalue weighted by Gasteiger charge is -2.61. The van der Waals surface area contributed by atoms with Crippen molar-refractivity contribution in [1.29, 1.82) is 0 Å². The Labute approximate surface area is 166 Å². The lowest BCUT2D eigenvalue weighted by Crippen LogP contribution is -2.56. The van der Waals surface area contributed by atoms with E-state index in [9.17, 15) is 4.79 Å². The molecule has 1 N–H and O–H groups in total. The van der Waals surface area contributed by atoms with Crippen LogP contribution in [0.15, 0.2) is 0 Å². The lowest BCUT2D eigenvalue weighted by atomic mass is 9.44. The van der Waals surface area contributed by atoms with Gasteiger partial charge in [-0.1, -0.05) is 6.92 Å².